The first-order valence-electron chi connectivity index (χ1n) is 11.2. The third kappa shape index (κ3) is 3.78. The van der Waals surface area contributed by atoms with Crippen LogP contribution in [-0.4, -0.2) is 16.4 Å². The van der Waals surface area contributed by atoms with E-state index in [-0.39, 0.29) is 11.7 Å². The minimum absolute atomic E-state index is 0.190. The van der Waals surface area contributed by atoms with E-state index in [4.69, 9.17) is 0 Å². The maximum absolute atomic E-state index is 13.7. The highest BCUT2D eigenvalue weighted by atomic mass is 19.1. The lowest BCUT2D eigenvalue weighted by molar-refractivity contribution is 0.00214. The van der Waals surface area contributed by atoms with Crippen molar-refractivity contribution in [2.75, 3.05) is 16.0 Å². The van der Waals surface area contributed by atoms with Crippen LogP contribution in [0.1, 0.15) is 29.6 Å². The first-order chi connectivity index (χ1) is 16.1. The molecule has 164 valence electrons. The van der Waals surface area contributed by atoms with Gasteiger partial charge in [-0.3, -0.25) is 9.78 Å². The summed E-state index contributed by atoms with van der Waals surface area (Å²) >= 11 is 0. The number of anilines is 4. The van der Waals surface area contributed by atoms with Gasteiger partial charge in [0.25, 0.3) is 5.91 Å². The summed E-state index contributed by atoms with van der Waals surface area (Å²) in [4.78, 5) is 17.1. The second-order valence-corrected chi connectivity index (χ2v) is 9.14. The van der Waals surface area contributed by atoms with Gasteiger partial charge in [-0.1, -0.05) is 6.07 Å². The normalized spacial score (nSPS) is 20.5. The van der Waals surface area contributed by atoms with E-state index in [1.807, 2.05) is 36.4 Å². The van der Waals surface area contributed by atoms with E-state index in [0.29, 0.717) is 22.0 Å². The van der Waals surface area contributed by atoms with Crippen LogP contribution in [0.5, 0.6) is 0 Å². The molecule has 0 spiro atoms. The second-order valence-electron chi connectivity index (χ2n) is 9.14. The van der Waals surface area contributed by atoms with E-state index >= 15 is 0 Å². The van der Waals surface area contributed by atoms with Gasteiger partial charge in [0.15, 0.2) is 0 Å². The van der Waals surface area contributed by atoms with E-state index in [9.17, 15) is 9.18 Å². The molecule has 5 nitrogen and oxygen atoms in total. The van der Waals surface area contributed by atoms with Crippen molar-refractivity contribution < 1.29 is 9.18 Å². The topological polar surface area (TPSA) is 66.1 Å². The number of rotatable bonds is 6. The molecule has 3 aliphatic rings. The molecule has 0 unspecified atom stereocenters. The zero-order valence-corrected chi connectivity index (χ0v) is 17.9. The van der Waals surface area contributed by atoms with Gasteiger partial charge >= 0.3 is 0 Å². The van der Waals surface area contributed by atoms with Gasteiger partial charge in [0.2, 0.25) is 0 Å². The van der Waals surface area contributed by atoms with Gasteiger partial charge in [-0.25, -0.2) is 4.39 Å². The van der Waals surface area contributed by atoms with Crippen molar-refractivity contribution in [2.24, 2.45) is 5.92 Å². The Bertz CT molecular complexity index is 1350. The second kappa shape index (κ2) is 7.59. The molecule has 0 radical (unpaired) electrons. The Kier molecular flexibility index (Phi) is 4.54. The van der Waals surface area contributed by atoms with Gasteiger partial charge in [-0.2, -0.15) is 0 Å². The van der Waals surface area contributed by atoms with Crippen LogP contribution >= 0.6 is 0 Å². The Morgan fingerprint density at radius 3 is 2.45 bits per heavy atom. The largest absolute Gasteiger partial charge is 0.380 e. The predicted molar refractivity (Wildman–Crippen MR) is 130 cm³/mol. The number of nitrogens with one attached hydrogen (secondary N) is 3. The fourth-order valence-corrected chi connectivity index (χ4v) is 4.90. The molecule has 0 atom stereocenters. The lowest BCUT2D eigenvalue weighted by atomic mass is 9.50. The number of pyridine rings is 1. The summed E-state index contributed by atoms with van der Waals surface area (Å²) in [6.07, 6.45) is 5.51. The number of fused-ring (bicyclic) bond motifs is 1. The SMILES string of the molecule is O=C(Nc1ccc(NC23CC(C2)C3)cc1)c1cccc(Nc2ccnc3ccc(F)cc23)c1. The molecule has 3 saturated carbocycles. The van der Waals surface area contributed by atoms with E-state index in [1.165, 1.54) is 31.4 Å². The average Bonchev–Trinajstić information content (AvgIpc) is 2.77. The summed E-state index contributed by atoms with van der Waals surface area (Å²) in [6, 6.07) is 21.4. The molecule has 6 heteroatoms. The van der Waals surface area contributed by atoms with Crippen molar-refractivity contribution in [3.8, 4) is 0 Å². The summed E-state index contributed by atoms with van der Waals surface area (Å²) in [6.45, 7) is 0. The smallest absolute Gasteiger partial charge is 0.255 e. The minimum atomic E-state index is -0.322. The Morgan fingerprint density at radius 1 is 0.909 bits per heavy atom. The first-order valence-corrected chi connectivity index (χ1v) is 11.2. The van der Waals surface area contributed by atoms with E-state index in [2.05, 4.69) is 20.9 Å². The van der Waals surface area contributed by atoms with E-state index in [0.717, 1.165) is 28.7 Å². The molecule has 2 bridgehead atoms. The van der Waals surface area contributed by atoms with Gasteiger partial charge in [0, 0.05) is 45.4 Å². The Labute approximate surface area is 191 Å². The number of hydrogen-bond donors (Lipinski definition) is 3. The summed E-state index contributed by atoms with van der Waals surface area (Å²) in [5.41, 5.74) is 4.86. The maximum atomic E-state index is 13.7. The number of carbonyl (C=O) groups is 1. The van der Waals surface area contributed by atoms with Gasteiger partial charge in [-0.05, 0) is 91.9 Å². The van der Waals surface area contributed by atoms with Crippen LogP contribution < -0.4 is 16.0 Å². The average molecular weight is 439 g/mol. The van der Waals surface area contributed by atoms with Crippen LogP contribution in [-0.2, 0) is 0 Å². The zero-order valence-electron chi connectivity index (χ0n) is 17.9. The highest BCUT2D eigenvalue weighted by molar-refractivity contribution is 6.05. The maximum Gasteiger partial charge on any atom is 0.255 e. The Hall–Kier alpha value is -3.93. The molecule has 7 rings (SSSR count). The van der Waals surface area contributed by atoms with Crippen LogP contribution in [0.2, 0.25) is 0 Å². The number of hydrogen-bond acceptors (Lipinski definition) is 4. The lowest BCUT2D eigenvalue weighted by Gasteiger charge is -2.62. The molecule has 0 saturated heterocycles. The third-order valence-corrected chi connectivity index (χ3v) is 6.70. The highest BCUT2D eigenvalue weighted by Gasteiger charge is 2.56. The summed E-state index contributed by atoms with van der Waals surface area (Å²) in [5, 5.41) is 10.6. The van der Waals surface area contributed by atoms with Gasteiger partial charge in [0.1, 0.15) is 5.82 Å². The highest BCUT2D eigenvalue weighted by Crippen LogP contribution is 2.58. The lowest BCUT2D eigenvalue weighted by Crippen LogP contribution is -2.63. The molecule has 4 aromatic rings. The van der Waals surface area contributed by atoms with E-state index < -0.39 is 0 Å². The van der Waals surface area contributed by atoms with Crippen LogP contribution in [0.15, 0.2) is 79.0 Å². The van der Waals surface area contributed by atoms with Crippen LogP contribution in [0, 0.1) is 11.7 Å². The Morgan fingerprint density at radius 2 is 1.70 bits per heavy atom. The van der Waals surface area contributed by atoms with Crippen molar-refractivity contribution in [1.82, 2.24) is 4.98 Å². The molecular formula is C27H23FN4O. The molecule has 0 aliphatic heterocycles. The monoisotopic (exact) mass is 438 g/mol. The number of nitrogens with zero attached hydrogens (tertiary/aromatic N) is 1. The first kappa shape index (κ1) is 19.7. The van der Waals surface area contributed by atoms with Gasteiger partial charge < -0.3 is 16.0 Å². The Balaban J connectivity index is 1.16. The molecular weight excluding hydrogens is 415 g/mol. The van der Waals surface area contributed by atoms with Crippen molar-refractivity contribution in [3.05, 3.63) is 90.4 Å². The van der Waals surface area contributed by atoms with Crippen molar-refractivity contribution >= 4 is 39.6 Å². The quantitative estimate of drug-likeness (QED) is 0.329. The van der Waals surface area contributed by atoms with Gasteiger partial charge in [-0.15, -0.1) is 0 Å². The standard InChI is InChI=1S/C27H23FN4O/c28-19-4-9-24-23(13-19)25(10-11-29-24)30-22-3-1-2-18(12-22)26(33)31-20-5-7-21(8-6-20)32-27-14-17(15-27)16-27/h1-13,17,32H,14-16H2,(H,29,30)(H,31,33). The molecule has 33 heavy (non-hydrogen) atoms. The fourth-order valence-electron chi connectivity index (χ4n) is 4.90. The van der Waals surface area contributed by atoms with Crippen LogP contribution in [0.3, 0.4) is 0 Å². The summed E-state index contributed by atoms with van der Waals surface area (Å²) in [5.74, 6) is 0.418. The molecule has 1 heterocycles. The molecule has 1 amide bonds. The van der Waals surface area contributed by atoms with Gasteiger partial charge in [0.05, 0.1) is 5.52 Å². The number of carbonyl (C=O) groups excluding carboxylic acids is 1. The molecule has 3 aromatic carbocycles. The molecule has 3 fully saturated rings. The van der Waals surface area contributed by atoms with Crippen LogP contribution in [0.25, 0.3) is 10.9 Å². The third-order valence-electron chi connectivity index (χ3n) is 6.70. The fraction of sp³-hybridized carbons (Fsp3) is 0.185. The minimum Gasteiger partial charge on any atom is -0.380 e. The van der Waals surface area contributed by atoms with Crippen molar-refractivity contribution in [3.63, 3.8) is 0 Å². The van der Waals surface area contributed by atoms with Crippen molar-refractivity contribution in [2.45, 2.75) is 24.8 Å². The number of halogens is 1. The molecule has 3 N–H and O–H groups in total. The number of benzene rings is 3. The van der Waals surface area contributed by atoms with Crippen molar-refractivity contribution in [1.29, 1.82) is 0 Å². The predicted octanol–water partition coefficient (Wildman–Crippen LogP) is 6.33. The van der Waals surface area contributed by atoms with E-state index in [1.54, 1.807) is 30.5 Å². The molecule has 3 aliphatic carbocycles. The summed E-state index contributed by atoms with van der Waals surface area (Å²) in [7, 11) is 0. The number of amides is 1. The zero-order chi connectivity index (χ0) is 22.4. The summed E-state index contributed by atoms with van der Waals surface area (Å²) < 4.78 is 13.7. The van der Waals surface area contributed by atoms with Crippen LogP contribution in [0.4, 0.5) is 27.1 Å². The number of aromatic nitrogens is 1. The molecule has 1 aromatic heterocycles.